The molecule has 149 heavy (non-hydrogen) atoms. The van der Waals surface area contributed by atoms with Crippen LogP contribution in [0, 0.1) is 33.5 Å². The molecule has 2 unspecified atom stereocenters. The summed E-state index contributed by atoms with van der Waals surface area (Å²) in [5.41, 5.74) is -16.4. The van der Waals surface area contributed by atoms with Crippen LogP contribution in [-0.4, -0.2) is 248 Å². The molecule has 26 atom stereocenters. The summed E-state index contributed by atoms with van der Waals surface area (Å²) < 4.78 is 108. The third-order valence-electron chi connectivity index (χ3n) is 34.0. The summed E-state index contributed by atoms with van der Waals surface area (Å²) in [6.07, 6.45) is -30.8. The third kappa shape index (κ3) is 20.3. The number of hydrogen-bond donors (Lipinski definition) is 6. The molecule has 6 aromatic carbocycles. The predicted octanol–water partition coefficient (Wildman–Crippen LogP) is 13.7. The topological polar surface area (TPSA) is 458 Å². The minimum absolute atomic E-state index is 0.00190. The number of aliphatic hydroxyl groups is 4. The molecule has 4 bridgehead atoms. The first-order valence-corrected chi connectivity index (χ1v) is 56.6. The number of hydrogen-bond acceptors (Lipinski definition) is 32. The molecule has 0 spiro atoms. The lowest BCUT2D eigenvalue weighted by molar-refractivity contribution is -0.363. The van der Waals surface area contributed by atoms with Gasteiger partial charge in [0.05, 0.1) is 48.4 Å². The first-order chi connectivity index (χ1) is 70.4. The molecule has 6 aromatic rings. The van der Waals surface area contributed by atoms with Gasteiger partial charge in [-0.3, -0.25) is 28.8 Å². The number of esters is 10. The highest BCUT2D eigenvalue weighted by atomic mass is 28.4. The first-order valence-electron chi connectivity index (χ1n) is 51.5. The van der Waals surface area contributed by atoms with Crippen molar-refractivity contribution in [1.82, 2.24) is 10.6 Å². The average Bonchev–Trinajstić information content (AvgIpc) is 0.719. The number of nitrogens with one attached hydrogen (secondary N) is 2. The maximum atomic E-state index is 16.9. The van der Waals surface area contributed by atoms with E-state index in [-0.39, 0.29) is 81.7 Å². The summed E-state index contributed by atoms with van der Waals surface area (Å²) in [7, 11) is -5.72. The first kappa shape index (κ1) is 112. The van der Waals surface area contributed by atoms with Crippen LogP contribution in [0.25, 0.3) is 0 Å². The Balaban J connectivity index is 0.862. The van der Waals surface area contributed by atoms with E-state index >= 15 is 48.6 Å². The van der Waals surface area contributed by atoms with E-state index in [0.29, 0.717) is 36.3 Å². The zero-order chi connectivity index (χ0) is 108. The number of ether oxygens (including phenoxy) is 14. The number of aliphatic hydroxyl groups excluding tert-OH is 2. The van der Waals surface area contributed by atoms with Crippen LogP contribution in [0.1, 0.15) is 229 Å². The van der Waals surface area contributed by atoms with Gasteiger partial charge in [0.2, 0.25) is 12.2 Å². The zero-order valence-electron chi connectivity index (χ0n) is 88.1. The fourth-order valence-corrected chi connectivity index (χ4v) is 31.4. The fourth-order valence-electron chi connectivity index (χ4n) is 25.5. The summed E-state index contributed by atoms with van der Waals surface area (Å²) in [6.45, 7) is 31.2. The molecule has 2 amide bonds. The van der Waals surface area contributed by atoms with Crippen molar-refractivity contribution in [3.8, 4) is 0 Å². The van der Waals surface area contributed by atoms with Crippen LogP contribution in [-0.2, 0) is 114 Å². The second-order valence-electron chi connectivity index (χ2n) is 43.1. The van der Waals surface area contributed by atoms with Crippen LogP contribution in [0.3, 0.4) is 0 Å². The lowest BCUT2D eigenvalue weighted by atomic mass is 9.44. The molecular formula is C113H140N2O32Si2. The second kappa shape index (κ2) is 43.3. The van der Waals surface area contributed by atoms with Crippen molar-refractivity contribution in [2.75, 3.05) is 13.2 Å². The minimum atomic E-state index is -2.86. The Morgan fingerprint density at radius 1 is 0.403 bits per heavy atom. The Labute approximate surface area is 869 Å². The van der Waals surface area contributed by atoms with E-state index in [4.69, 9.17) is 75.2 Å². The van der Waals surface area contributed by atoms with Gasteiger partial charge in [0.25, 0.3) is 11.8 Å². The van der Waals surface area contributed by atoms with Crippen molar-refractivity contribution in [2.45, 2.75) is 338 Å². The van der Waals surface area contributed by atoms with E-state index in [2.05, 4.69) is 10.6 Å². The van der Waals surface area contributed by atoms with Crippen LogP contribution in [0.2, 0.25) is 36.3 Å². The molecule has 3 saturated heterocycles. The SMILES string of the molecule is CC[Si](CC)(CC)O[C@H]1C[C@H]2OC[C@@]2(OC(C)=O)C2[C@H](OC(=O)c3ccccc3)[C@]3(O)C[C@H](OC(=O)[C@H](OC(=O)[C@@H]4OC(C)(C)O[C@H]4C(=O)O[C@@H](C(=O)O[C@H]4C[C@@]5(O)[C@@H](OC(=O)c6ccccc6)C6[C@@](C)([C@@H](O[Si](CC)(CC)CC)C[C@H]7OC[C@@]67OC(C)=O)[C@@H](O)[C@H](OC(C)=O)C(=C4C)C5(C)C)[C@@H](NC(=O)c4ccccc4)c4ccccc4)[C@@H](NC(=O)c4ccccc4)c4ccccc4)C(C)=C([C@@H](OC(C)=O)[C@H](O)[C@@]21C)C3(C)C. The van der Waals surface area contributed by atoms with Crippen molar-refractivity contribution in [1.29, 1.82) is 0 Å². The minimum Gasteiger partial charge on any atom is -0.455 e. The molecule has 3 heterocycles. The molecule has 6 N–H and O–H groups in total. The van der Waals surface area contributed by atoms with E-state index < -0.39 is 272 Å². The van der Waals surface area contributed by atoms with Gasteiger partial charge in [0.1, 0.15) is 72.1 Å². The van der Waals surface area contributed by atoms with Crippen molar-refractivity contribution in [3.63, 3.8) is 0 Å². The Hall–Kier alpha value is -11.5. The Bertz CT molecular complexity index is 5670. The zero-order valence-corrected chi connectivity index (χ0v) is 90.1. The van der Waals surface area contributed by atoms with Gasteiger partial charge in [0.15, 0.2) is 58.0 Å². The molecule has 3 aliphatic heterocycles. The normalized spacial score (nSPS) is 31.7. The van der Waals surface area contributed by atoms with Crippen molar-refractivity contribution in [2.24, 2.45) is 33.5 Å². The largest absolute Gasteiger partial charge is 0.455 e. The van der Waals surface area contributed by atoms with E-state index in [1.807, 2.05) is 41.5 Å². The van der Waals surface area contributed by atoms with Gasteiger partial charge >= 0.3 is 59.7 Å². The highest BCUT2D eigenvalue weighted by Crippen LogP contribution is 2.70. The van der Waals surface area contributed by atoms with Crippen molar-refractivity contribution < 1.29 is 153 Å². The molecule has 802 valence electrons. The molecule has 0 radical (unpaired) electrons. The number of amides is 2. The van der Waals surface area contributed by atoms with Gasteiger partial charge in [0, 0.05) is 86.2 Å². The van der Waals surface area contributed by atoms with Gasteiger partial charge in [-0.05, 0) is 146 Å². The van der Waals surface area contributed by atoms with E-state index in [1.165, 1.54) is 114 Å². The van der Waals surface area contributed by atoms with Crippen molar-refractivity contribution >= 4 is 88.1 Å². The molecule has 0 aromatic heterocycles. The highest BCUT2D eigenvalue weighted by molar-refractivity contribution is 6.74. The molecule has 7 fully saturated rings. The summed E-state index contributed by atoms with van der Waals surface area (Å²) in [5, 5.41) is 64.3. The Morgan fingerprint density at radius 3 is 0.973 bits per heavy atom. The van der Waals surface area contributed by atoms with E-state index in [9.17, 15) is 29.4 Å². The number of rotatable bonds is 34. The molecule has 9 aliphatic rings. The maximum Gasteiger partial charge on any atom is 0.350 e. The smallest absolute Gasteiger partial charge is 0.350 e. The number of fused-ring (bicyclic) bond motifs is 10. The molecule has 36 heteroatoms. The van der Waals surface area contributed by atoms with Gasteiger partial charge in [-0.1, -0.05) is 217 Å². The molecule has 34 nitrogen and oxygen atoms in total. The van der Waals surface area contributed by atoms with Crippen LogP contribution in [0.4, 0.5) is 0 Å². The monoisotopic (exact) mass is 2090 g/mol. The number of carbonyl (C=O) groups excluding carboxylic acids is 12. The van der Waals surface area contributed by atoms with Crippen LogP contribution in [0.15, 0.2) is 204 Å². The third-order valence-corrected chi connectivity index (χ3v) is 43.3. The fraction of sp³-hybridized carbons (Fsp3) is 0.540. The van der Waals surface area contributed by atoms with Crippen LogP contribution < -0.4 is 10.6 Å². The van der Waals surface area contributed by atoms with Crippen molar-refractivity contribution in [3.05, 3.63) is 238 Å². The second-order valence-corrected chi connectivity index (χ2v) is 52.5. The Kier molecular flexibility index (Phi) is 32.4. The van der Waals surface area contributed by atoms with E-state index in [0.717, 1.165) is 13.8 Å². The predicted molar refractivity (Wildman–Crippen MR) is 541 cm³/mol. The highest BCUT2D eigenvalue weighted by Gasteiger charge is 2.82. The molecular weight excluding hydrogens is 1950 g/mol. The van der Waals surface area contributed by atoms with Gasteiger partial charge < -0.3 is 106 Å². The number of benzene rings is 6. The number of carbonyl (C=O) groups is 12. The van der Waals surface area contributed by atoms with Crippen LogP contribution >= 0.6 is 0 Å². The van der Waals surface area contributed by atoms with Gasteiger partial charge in [-0.25, -0.2) is 28.8 Å². The molecule has 15 rings (SSSR count). The van der Waals surface area contributed by atoms with E-state index in [1.54, 1.807) is 151 Å². The quantitative estimate of drug-likeness (QED) is 0.00945. The molecule has 4 saturated carbocycles. The summed E-state index contributed by atoms with van der Waals surface area (Å²) >= 11 is 0. The lowest BCUT2D eigenvalue weighted by Crippen LogP contribution is -2.83. The van der Waals surface area contributed by atoms with Gasteiger partial charge in [-0.2, -0.15) is 0 Å². The Morgan fingerprint density at radius 2 is 0.698 bits per heavy atom. The standard InChI is InChI=1S/C113H140N2O32Si2/c1-21-148(22-2,23-3)146-77-57-79-110(61-132-79,142-67(11)118)91-95(140-99(124)73-53-41-31-42-54-73)112(130)59-75(63(7)81(105(112,13)14)85(134-65(9)116)93(120)108(77,91)19)136-101(126)87(83(69-45-33-27-34-46-69)114-97(122)71-49-37-29-38-50-71)138-103(128)89-90(145-107(17,18)144-89)104(129)139-88(84(70-47-35-28-36-48-70)115-98(123)72-51-39-30-40-52-72)102(127)137-76-60-113(131)96(141-100(125)74-55-43-32-44-56-74)92-109(20,94(121)86(135-66(10)117)82(64(76)8)106(113,15)16)78(147-149(24-4,25-5)26-6)58-80-111(92,62-133-80)143-68(12)119/h27-56,75-80,83-96,120-121,130-131H,21-26,57-62H2,1-20H3,(H,114,122)(H,115,123)/t75-,76-,77-,78-,79+,80+,83-,84-,85+,86+,87+,88+,89+,90+,91?,92?,93-,94-,95-,96-,108+,109+,110-,111-,112+,113+/m0/s1. The summed E-state index contributed by atoms with van der Waals surface area (Å²) in [5.74, 6) is -18.6. The average molecular weight is 2090 g/mol. The summed E-state index contributed by atoms with van der Waals surface area (Å²) in [6, 6.07) is 46.4. The maximum absolute atomic E-state index is 16.9. The summed E-state index contributed by atoms with van der Waals surface area (Å²) in [4.78, 5) is 185. The lowest BCUT2D eigenvalue weighted by Gasteiger charge is -2.70. The van der Waals surface area contributed by atoms with Crippen LogP contribution in [0.5, 0.6) is 0 Å². The molecule has 6 aliphatic carbocycles. The van der Waals surface area contributed by atoms with Gasteiger partial charge in [-0.15, -0.1) is 0 Å².